The van der Waals surface area contributed by atoms with Gasteiger partial charge in [0.25, 0.3) is 5.91 Å². The molecule has 0 aliphatic carbocycles. The Bertz CT molecular complexity index is 392. The molecule has 0 spiro atoms. The van der Waals surface area contributed by atoms with Gasteiger partial charge in [0.1, 0.15) is 5.82 Å². The summed E-state index contributed by atoms with van der Waals surface area (Å²) in [7, 11) is 1.69. The van der Waals surface area contributed by atoms with Gasteiger partial charge < -0.3 is 10.0 Å². The first kappa shape index (κ1) is 15.1. The molecule has 100 valence electrons. The third-order valence-corrected chi connectivity index (χ3v) is 3.07. The molecular weight excluding hydrogens is 301 g/mol. The summed E-state index contributed by atoms with van der Waals surface area (Å²) in [5.74, 6) is -0.624. The van der Waals surface area contributed by atoms with Crippen molar-refractivity contribution >= 4 is 21.8 Å². The molecule has 0 unspecified atom stereocenters. The van der Waals surface area contributed by atoms with Gasteiger partial charge in [-0.05, 0) is 37.5 Å². The van der Waals surface area contributed by atoms with E-state index in [0.29, 0.717) is 16.6 Å². The van der Waals surface area contributed by atoms with Crippen molar-refractivity contribution in [3.63, 3.8) is 0 Å². The van der Waals surface area contributed by atoms with E-state index in [1.807, 2.05) is 0 Å². The van der Waals surface area contributed by atoms with E-state index < -0.39 is 5.82 Å². The second kappa shape index (κ2) is 7.48. The summed E-state index contributed by atoms with van der Waals surface area (Å²) >= 11 is 3.17. The molecule has 3 nitrogen and oxygen atoms in total. The number of halogens is 2. The lowest BCUT2D eigenvalue weighted by atomic mass is 10.2. The highest BCUT2D eigenvalue weighted by Gasteiger charge is 2.12. The molecule has 0 radical (unpaired) electrons. The van der Waals surface area contributed by atoms with Gasteiger partial charge in [0.05, 0.1) is 0 Å². The summed E-state index contributed by atoms with van der Waals surface area (Å²) in [6.07, 6.45) is 2.45. The van der Waals surface area contributed by atoms with Gasteiger partial charge in [0.15, 0.2) is 0 Å². The Labute approximate surface area is 115 Å². The Balaban J connectivity index is 2.57. The minimum atomic E-state index is -0.429. The summed E-state index contributed by atoms with van der Waals surface area (Å²) in [4.78, 5) is 13.6. The number of aliphatic hydroxyl groups excluding tert-OH is 1. The molecule has 1 aromatic rings. The minimum Gasteiger partial charge on any atom is -0.396 e. The first-order chi connectivity index (χ1) is 8.54. The first-order valence-corrected chi connectivity index (χ1v) is 6.66. The van der Waals surface area contributed by atoms with E-state index in [2.05, 4.69) is 15.9 Å². The zero-order chi connectivity index (χ0) is 13.5. The number of amides is 1. The van der Waals surface area contributed by atoms with Gasteiger partial charge in [-0.2, -0.15) is 0 Å². The maximum Gasteiger partial charge on any atom is 0.253 e. The van der Waals surface area contributed by atoms with Gasteiger partial charge in [-0.25, -0.2) is 4.39 Å². The predicted molar refractivity (Wildman–Crippen MR) is 72.0 cm³/mol. The lowest BCUT2D eigenvalue weighted by Gasteiger charge is -2.17. The molecule has 5 heteroatoms. The van der Waals surface area contributed by atoms with E-state index >= 15 is 0 Å². The van der Waals surface area contributed by atoms with E-state index in [1.54, 1.807) is 18.0 Å². The van der Waals surface area contributed by atoms with Crippen molar-refractivity contribution < 1.29 is 14.3 Å². The van der Waals surface area contributed by atoms with Crippen molar-refractivity contribution in [2.45, 2.75) is 19.3 Å². The maximum atomic E-state index is 13.2. The Morgan fingerprint density at radius 2 is 2.06 bits per heavy atom. The van der Waals surface area contributed by atoms with Crippen molar-refractivity contribution in [3.05, 3.63) is 34.1 Å². The van der Waals surface area contributed by atoms with Gasteiger partial charge >= 0.3 is 0 Å². The Kier molecular flexibility index (Phi) is 6.29. The monoisotopic (exact) mass is 317 g/mol. The number of carbonyl (C=O) groups is 1. The smallest absolute Gasteiger partial charge is 0.253 e. The lowest BCUT2D eigenvalue weighted by molar-refractivity contribution is 0.0791. The summed E-state index contributed by atoms with van der Waals surface area (Å²) < 4.78 is 13.7. The molecule has 1 aromatic carbocycles. The molecule has 0 saturated carbocycles. The van der Waals surface area contributed by atoms with Crippen LogP contribution in [0.4, 0.5) is 4.39 Å². The molecule has 1 N–H and O–H groups in total. The minimum absolute atomic E-state index is 0.175. The Morgan fingerprint density at radius 3 is 2.67 bits per heavy atom. The third kappa shape index (κ3) is 4.74. The van der Waals surface area contributed by atoms with Crippen molar-refractivity contribution in [1.29, 1.82) is 0 Å². The van der Waals surface area contributed by atoms with Crippen LogP contribution in [0, 0.1) is 5.82 Å². The molecule has 0 heterocycles. The SMILES string of the molecule is CN(CCCCCO)C(=O)c1cc(F)cc(Br)c1. The van der Waals surface area contributed by atoms with Crippen molar-refractivity contribution in [2.75, 3.05) is 20.2 Å². The van der Waals surface area contributed by atoms with Crippen LogP contribution in [0.1, 0.15) is 29.6 Å². The van der Waals surface area contributed by atoms with Gasteiger partial charge in [0, 0.05) is 30.2 Å². The number of hydrogen-bond acceptors (Lipinski definition) is 2. The van der Waals surface area contributed by atoms with Gasteiger partial charge in [-0.3, -0.25) is 4.79 Å². The van der Waals surface area contributed by atoms with Crippen molar-refractivity contribution in [3.8, 4) is 0 Å². The van der Waals surface area contributed by atoms with Gasteiger partial charge in [0.2, 0.25) is 0 Å². The topological polar surface area (TPSA) is 40.5 Å². The van der Waals surface area contributed by atoms with Crippen LogP contribution in [0.5, 0.6) is 0 Å². The van der Waals surface area contributed by atoms with E-state index in [0.717, 1.165) is 19.3 Å². The van der Waals surface area contributed by atoms with Crippen molar-refractivity contribution in [2.24, 2.45) is 0 Å². The highest BCUT2D eigenvalue weighted by atomic mass is 79.9. The third-order valence-electron chi connectivity index (χ3n) is 2.61. The van der Waals surface area contributed by atoms with Gasteiger partial charge in [-0.15, -0.1) is 0 Å². The molecule has 18 heavy (non-hydrogen) atoms. The van der Waals surface area contributed by atoms with E-state index in [9.17, 15) is 9.18 Å². The molecule has 1 rings (SSSR count). The highest BCUT2D eigenvalue weighted by molar-refractivity contribution is 9.10. The van der Waals surface area contributed by atoms with E-state index in [-0.39, 0.29) is 12.5 Å². The van der Waals surface area contributed by atoms with Crippen molar-refractivity contribution in [1.82, 2.24) is 4.90 Å². The predicted octanol–water partition coefficient (Wildman–Crippen LogP) is 2.82. The van der Waals surface area contributed by atoms with E-state index in [4.69, 9.17) is 5.11 Å². The fraction of sp³-hybridized carbons (Fsp3) is 0.462. The second-order valence-corrected chi connectivity index (χ2v) is 5.08. The lowest BCUT2D eigenvalue weighted by Crippen LogP contribution is -2.27. The van der Waals surface area contributed by atoms with Crippen LogP contribution in [-0.2, 0) is 0 Å². The average Bonchev–Trinajstić information content (AvgIpc) is 2.32. The van der Waals surface area contributed by atoms with Crippen LogP contribution >= 0.6 is 15.9 Å². The fourth-order valence-electron chi connectivity index (χ4n) is 1.64. The molecule has 0 aliphatic heterocycles. The first-order valence-electron chi connectivity index (χ1n) is 5.87. The number of rotatable bonds is 6. The number of carbonyl (C=O) groups excluding carboxylic acids is 1. The average molecular weight is 318 g/mol. The zero-order valence-corrected chi connectivity index (χ0v) is 11.9. The largest absolute Gasteiger partial charge is 0.396 e. The Hall–Kier alpha value is -0.940. The molecule has 0 saturated heterocycles. The number of aliphatic hydroxyl groups is 1. The summed E-state index contributed by atoms with van der Waals surface area (Å²) in [6.45, 7) is 0.779. The number of benzene rings is 1. The summed E-state index contributed by atoms with van der Waals surface area (Å²) in [5, 5.41) is 8.65. The van der Waals surface area contributed by atoms with Crippen LogP contribution in [0.3, 0.4) is 0 Å². The van der Waals surface area contributed by atoms with Crippen LogP contribution < -0.4 is 0 Å². The molecule has 0 bridgehead atoms. The molecular formula is C13H17BrFNO2. The molecule has 1 amide bonds. The normalized spacial score (nSPS) is 10.4. The molecule has 0 aromatic heterocycles. The van der Waals surface area contributed by atoms with Crippen LogP contribution in [0.15, 0.2) is 22.7 Å². The standard InChI is InChI=1S/C13H17BrFNO2/c1-16(5-3-2-4-6-17)13(18)10-7-11(14)9-12(15)8-10/h7-9,17H,2-6H2,1H3. The summed E-state index contributed by atoms with van der Waals surface area (Å²) in [6, 6.07) is 4.16. The highest BCUT2D eigenvalue weighted by Crippen LogP contribution is 2.16. The second-order valence-electron chi connectivity index (χ2n) is 4.17. The fourth-order valence-corrected chi connectivity index (χ4v) is 2.10. The number of unbranched alkanes of at least 4 members (excludes halogenated alkanes) is 2. The van der Waals surface area contributed by atoms with Crippen LogP contribution in [0.2, 0.25) is 0 Å². The van der Waals surface area contributed by atoms with E-state index in [1.165, 1.54) is 12.1 Å². The number of hydrogen-bond donors (Lipinski definition) is 1. The maximum absolute atomic E-state index is 13.2. The summed E-state index contributed by atoms with van der Waals surface area (Å²) in [5.41, 5.74) is 0.339. The number of nitrogens with zero attached hydrogens (tertiary/aromatic N) is 1. The van der Waals surface area contributed by atoms with Crippen LogP contribution in [-0.4, -0.2) is 36.1 Å². The quantitative estimate of drug-likeness (QED) is 0.820. The molecule has 0 fully saturated rings. The zero-order valence-electron chi connectivity index (χ0n) is 10.3. The molecule has 0 atom stereocenters. The van der Waals surface area contributed by atoms with Gasteiger partial charge in [-0.1, -0.05) is 15.9 Å². The van der Waals surface area contributed by atoms with Crippen LogP contribution in [0.25, 0.3) is 0 Å². The molecule has 0 aliphatic rings. The Morgan fingerprint density at radius 1 is 1.33 bits per heavy atom.